The summed E-state index contributed by atoms with van der Waals surface area (Å²) < 4.78 is 4.60. The minimum Gasteiger partial charge on any atom is -0.478 e. The highest BCUT2D eigenvalue weighted by atomic mass is 16.9. The fourth-order valence-electron chi connectivity index (χ4n) is 1.87. The van der Waals surface area contributed by atoms with E-state index >= 15 is 0 Å². The van der Waals surface area contributed by atoms with E-state index in [1.165, 1.54) is 25.6 Å². The second-order valence-corrected chi connectivity index (χ2v) is 5.53. The van der Waals surface area contributed by atoms with Crippen molar-refractivity contribution in [1.82, 2.24) is 5.43 Å². The van der Waals surface area contributed by atoms with Crippen LogP contribution in [0, 0.1) is 24.0 Å². The number of nitrogen functional groups attached to an aromatic ring is 1. The van der Waals surface area contributed by atoms with Crippen LogP contribution in [-0.2, 0) is 4.74 Å². The van der Waals surface area contributed by atoms with Crippen LogP contribution in [-0.4, -0.2) is 40.8 Å². The fourth-order valence-corrected chi connectivity index (χ4v) is 1.87. The number of carboxylic acids is 1. The number of ether oxygens (including phenoxy) is 1. The molecule has 0 aliphatic carbocycles. The molecular formula is C18H23N5O7. The molecule has 7 N–H and O–H groups in total. The van der Waals surface area contributed by atoms with Crippen LogP contribution in [0.25, 0.3) is 0 Å². The van der Waals surface area contributed by atoms with Crippen LogP contribution in [0.1, 0.15) is 31.8 Å². The number of carbonyl (C=O) groups excluding carboxylic acids is 1. The largest absolute Gasteiger partial charge is 0.478 e. The maximum atomic E-state index is 11.2. The Kier molecular flexibility index (Phi) is 11.2. The molecule has 162 valence electrons. The van der Waals surface area contributed by atoms with E-state index in [4.69, 9.17) is 32.0 Å². The third kappa shape index (κ3) is 9.66. The van der Waals surface area contributed by atoms with Gasteiger partial charge in [0.15, 0.2) is 0 Å². The maximum Gasteiger partial charge on any atom is 0.337 e. The number of hydrazine groups is 1. The summed E-state index contributed by atoms with van der Waals surface area (Å²) in [6, 6.07) is 9.82. The highest BCUT2D eigenvalue weighted by Crippen LogP contribution is 2.20. The number of rotatable bonds is 4. The van der Waals surface area contributed by atoms with Crippen molar-refractivity contribution in [3.63, 3.8) is 0 Å². The fraction of sp³-hybridized carbons (Fsp3) is 0.167. The highest BCUT2D eigenvalue weighted by Gasteiger charge is 2.06. The lowest BCUT2D eigenvalue weighted by Gasteiger charge is -2.03. The smallest absolute Gasteiger partial charge is 0.337 e. The molecule has 0 atom stereocenters. The number of hydrogen-bond donors (Lipinski definition) is 5. The van der Waals surface area contributed by atoms with Crippen LogP contribution >= 0.6 is 0 Å². The third-order valence-electron chi connectivity index (χ3n) is 3.43. The van der Waals surface area contributed by atoms with Gasteiger partial charge in [0.25, 0.3) is 5.09 Å². The standard InChI is InChI=1S/C10H13N3O2.C8H9NO2.HNO3/c1-7-3-4-8(10(14)15-2)5-9(7)12-6-13-11;1-5-2-3-6(8(10)11)4-7(5)9;2-1(3)4/h3-6H,11H2,1-2H3,(H,12,13);2-4H,9H2,1H3,(H,10,11);(H,2,3,4). The number of aliphatic imine (C=N–C) groups is 1. The molecule has 0 unspecified atom stereocenters. The average Bonchev–Trinajstić information content (AvgIpc) is 2.68. The first-order chi connectivity index (χ1) is 14.0. The summed E-state index contributed by atoms with van der Waals surface area (Å²) in [5.74, 6) is 3.73. The number of esters is 1. The van der Waals surface area contributed by atoms with Crippen molar-refractivity contribution >= 4 is 29.7 Å². The van der Waals surface area contributed by atoms with Crippen molar-refractivity contribution in [2.24, 2.45) is 10.8 Å². The Bertz CT molecular complexity index is 912. The van der Waals surface area contributed by atoms with Crippen molar-refractivity contribution in [2.75, 3.05) is 12.8 Å². The highest BCUT2D eigenvalue weighted by molar-refractivity contribution is 5.90. The minimum atomic E-state index is -1.50. The molecular weight excluding hydrogens is 398 g/mol. The minimum absolute atomic E-state index is 0.230. The molecule has 0 aliphatic rings. The Labute approximate surface area is 171 Å². The molecule has 0 aromatic heterocycles. The molecule has 12 heteroatoms. The topological polar surface area (TPSA) is 203 Å². The summed E-state index contributed by atoms with van der Waals surface area (Å²) in [6.45, 7) is 3.73. The van der Waals surface area contributed by atoms with Gasteiger partial charge in [-0.2, -0.15) is 0 Å². The lowest BCUT2D eigenvalue weighted by atomic mass is 10.1. The summed E-state index contributed by atoms with van der Waals surface area (Å²) in [5.41, 5.74) is 11.5. The van der Waals surface area contributed by atoms with E-state index < -0.39 is 11.1 Å². The summed E-state index contributed by atoms with van der Waals surface area (Å²) in [6.07, 6.45) is 1.35. The number of methoxy groups -OCH3 is 1. The summed E-state index contributed by atoms with van der Waals surface area (Å²) in [7, 11) is 1.34. The van der Waals surface area contributed by atoms with E-state index in [1.54, 1.807) is 24.3 Å². The van der Waals surface area contributed by atoms with Gasteiger partial charge in [-0.1, -0.05) is 12.1 Å². The van der Waals surface area contributed by atoms with Gasteiger partial charge in [0.2, 0.25) is 0 Å². The van der Waals surface area contributed by atoms with Crippen molar-refractivity contribution in [3.05, 3.63) is 68.8 Å². The molecule has 12 nitrogen and oxygen atoms in total. The molecule has 2 aromatic rings. The first-order valence-electron chi connectivity index (χ1n) is 8.13. The van der Waals surface area contributed by atoms with Crippen molar-refractivity contribution in [3.8, 4) is 0 Å². The second kappa shape index (κ2) is 13.1. The molecule has 0 aliphatic heterocycles. The van der Waals surface area contributed by atoms with E-state index in [-0.39, 0.29) is 11.5 Å². The number of nitrogens with two attached hydrogens (primary N) is 2. The zero-order valence-corrected chi connectivity index (χ0v) is 16.5. The van der Waals surface area contributed by atoms with Crippen molar-refractivity contribution in [1.29, 1.82) is 0 Å². The summed E-state index contributed by atoms with van der Waals surface area (Å²) >= 11 is 0. The Morgan fingerprint density at radius 3 is 2.17 bits per heavy atom. The molecule has 0 fully saturated rings. The van der Waals surface area contributed by atoms with E-state index in [1.807, 2.05) is 13.8 Å². The summed E-state index contributed by atoms with van der Waals surface area (Å²) in [5, 5.41) is 22.2. The number of hydrogen-bond acceptors (Lipinski definition) is 8. The molecule has 0 amide bonds. The number of anilines is 1. The second-order valence-electron chi connectivity index (χ2n) is 5.53. The van der Waals surface area contributed by atoms with Crippen LogP contribution in [0.2, 0.25) is 0 Å². The molecule has 0 radical (unpaired) electrons. The third-order valence-corrected chi connectivity index (χ3v) is 3.43. The zero-order chi connectivity index (χ0) is 23.3. The first-order valence-corrected chi connectivity index (χ1v) is 8.13. The number of nitrogens with one attached hydrogen (secondary N) is 1. The van der Waals surface area contributed by atoms with Crippen molar-refractivity contribution < 1.29 is 29.7 Å². The van der Waals surface area contributed by atoms with Crippen LogP contribution in [0.5, 0.6) is 0 Å². The lowest BCUT2D eigenvalue weighted by molar-refractivity contribution is -0.742. The van der Waals surface area contributed by atoms with Crippen molar-refractivity contribution in [2.45, 2.75) is 13.8 Å². The lowest BCUT2D eigenvalue weighted by Crippen LogP contribution is -2.18. The quantitative estimate of drug-likeness (QED) is 0.0921. The van der Waals surface area contributed by atoms with Gasteiger partial charge in [-0.15, -0.1) is 10.1 Å². The predicted molar refractivity (Wildman–Crippen MR) is 109 cm³/mol. The van der Waals surface area contributed by atoms with Gasteiger partial charge in [-0.05, 0) is 49.2 Å². The molecule has 2 aromatic carbocycles. The number of aryl methyl sites for hydroxylation is 2. The maximum absolute atomic E-state index is 11.2. The van der Waals surface area contributed by atoms with Crippen LogP contribution in [0.15, 0.2) is 41.4 Å². The predicted octanol–water partition coefficient (Wildman–Crippen LogP) is 1.83. The number of carboxylic acid groups (broad SMARTS) is 1. The molecule has 0 spiro atoms. The normalized spacial score (nSPS) is 9.47. The molecule has 0 saturated carbocycles. The molecule has 0 heterocycles. The number of carbonyl (C=O) groups is 2. The van der Waals surface area contributed by atoms with Gasteiger partial charge < -0.3 is 26.2 Å². The van der Waals surface area contributed by atoms with Crippen LogP contribution in [0.4, 0.5) is 11.4 Å². The van der Waals surface area contributed by atoms with E-state index in [0.29, 0.717) is 16.9 Å². The van der Waals surface area contributed by atoms with Gasteiger partial charge in [-0.3, -0.25) is 0 Å². The Hall–Kier alpha value is -4.19. The Morgan fingerprint density at radius 1 is 1.17 bits per heavy atom. The Balaban J connectivity index is 0.000000491. The Morgan fingerprint density at radius 2 is 1.70 bits per heavy atom. The van der Waals surface area contributed by atoms with E-state index in [9.17, 15) is 9.59 Å². The first kappa shape index (κ1) is 25.8. The number of nitrogens with zero attached hydrogens (tertiary/aromatic N) is 2. The van der Waals surface area contributed by atoms with Gasteiger partial charge in [0, 0.05) is 5.69 Å². The van der Waals surface area contributed by atoms with E-state index in [2.05, 4.69) is 15.2 Å². The number of benzene rings is 2. The number of aromatic carboxylic acids is 1. The molecule has 0 bridgehead atoms. The van der Waals surface area contributed by atoms with Gasteiger partial charge >= 0.3 is 11.9 Å². The zero-order valence-electron chi connectivity index (χ0n) is 16.5. The summed E-state index contributed by atoms with van der Waals surface area (Å²) in [4.78, 5) is 34.0. The van der Waals surface area contributed by atoms with Gasteiger partial charge in [0.1, 0.15) is 6.34 Å². The molecule has 30 heavy (non-hydrogen) atoms. The van der Waals surface area contributed by atoms with Gasteiger partial charge in [0.05, 0.1) is 23.9 Å². The monoisotopic (exact) mass is 421 g/mol. The SMILES string of the molecule is COC(=O)c1ccc(C)c(N=CNN)c1.Cc1ccc(C(=O)O)cc1N.O=[N+]([O-])O. The van der Waals surface area contributed by atoms with Crippen LogP contribution in [0.3, 0.4) is 0 Å². The van der Waals surface area contributed by atoms with Crippen LogP contribution < -0.4 is 17.0 Å². The molecule has 2 rings (SSSR count). The average molecular weight is 421 g/mol. The van der Waals surface area contributed by atoms with E-state index in [0.717, 1.165) is 11.1 Å². The molecule has 0 saturated heterocycles. The van der Waals surface area contributed by atoms with Gasteiger partial charge in [-0.25, -0.2) is 20.4 Å².